The first-order chi connectivity index (χ1) is 8.78. The van der Waals surface area contributed by atoms with Crippen molar-refractivity contribution in [2.24, 2.45) is 0 Å². The molecule has 0 bridgehead atoms. The van der Waals surface area contributed by atoms with Crippen molar-refractivity contribution in [3.8, 4) is 6.07 Å². The molecule has 0 aliphatic heterocycles. The molecule has 1 fully saturated rings. The zero-order valence-electron chi connectivity index (χ0n) is 10.3. The minimum Gasteiger partial charge on any atom is -0.353 e. The van der Waals surface area contributed by atoms with Crippen LogP contribution in [-0.2, 0) is 11.3 Å². The van der Waals surface area contributed by atoms with Gasteiger partial charge in [-0.25, -0.2) is 0 Å². The molecule has 18 heavy (non-hydrogen) atoms. The molecule has 1 amide bonds. The van der Waals surface area contributed by atoms with Crippen molar-refractivity contribution < 1.29 is 4.79 Å². The van der Waals surface area contributed by atoms with Gasteiger partial charge in [-0.2, -0.15) is 5.26 Å². The Morgan fingerprint density at radius 3 is 2.67 bits per heavy atom. The molecule has 0 radical (unpaired) electrons. The zero-order chi connectivity index (χ0) is 12.8. The molecule has 0 aromatic heterocycles. The van der Waals surface area contributed by atoms with Gasteiger partial charge in [0.25, 0.3) is 0 Å². The molecule has 2 N–H and O–H groups in total. The van der Waals surface area contributed by atoms with E-state index in [0.717, 1.165) is 24.9 Å². The average molecular weight is 243 g/mol. The van der Waals surface area contributed by atoms with Crippen LogP contribution in [-0.4, -0.2) is 18.5 Å². The first-order valence-corrected chi connectivity index (χ1v) is 6.27. The maximum Gasteiger partial charge on any atom is 0.221 e. The van der Waals surface area contributed by atoms with E-state index in [1.54, 1.807) is 12.1 Å². The Bertz CT molecular complexity index is 443. The second-order valence-corrected chi connectivity index (χ2v) is 4.58. The summed E-state index contributed by atoms with van der Waals surface area (Å²) in [5.41, 5.74) is 1.79. The van der Waals surface area contributed by atoms with E-state index < -0.39 is 0 Å². The van der Waals surface area contributed by atoms with Crippen LogP contribution in [0.25, 0.3) is 0 Å². The third-order valence-corrected chi connectivity index (χ3v) is 2.88. The van der Waals surface area contributed by atoms with E-state index in [2.05, 4.69) is 16.7 Å². The smallest absolute Gasteiger partial charge is 0.221 e. The van der Waals surface area contributed by atoms with Crippen molar-refractivity contribution in [1.29, 1.82) is 5.26 Å². The van der Waals surface area contributed by atoms with Gasteiger partial charge in [0.1, 0.15) is 0 Å². The lowest BCUT2D eigenvalue weighted by molar-refractivity contribution is -0.121. The maximum atomic E-state index is 11.4. The van der Waals surface area contributed by atoms with Crippen LogP contribution in [0.4, 0.5) is 0 Å². The number of amides is 1. The number of carbonyl (C=O) groups excluding carboxylic acids is 1. The number of benzene rings is 1. The highest BCUT2D eigenvalue weighted by atomic mass is 16.1. The Kier molecular flexibility index (Phi) is 4.32. The van der Waals surface area contributed by atoms with Crippen molar-refractivity contribution in [3.63, 3.8) is 0 Å². The van der Waals surface area contributed by atoms with Crippen LogP contribution >= 0.6 is 0 Å². The van der Waals surface area contributed by atoms with Gasteiger partial charge in [-0.1, -0.05) is 12.1 Å². The third-order valence-electron chi connectivity index (χ3n) is 2.88. The van der Waals surface area contributed by atoms with E-state index in [4.69, 9.17) is 5.26 Å². The summed E-state index contributed by atoms with van der Waals surface area (Å²) >= 11 is 0. The lowest BCUT2D eigenvalue weighted by atomic mass is 10.1. The van der Waals surface area contributed by atoms with Gasteiger partial charge in [-0.3, -0.25) is 4.79 Å². The standard InChI is InChI=1S/C14H17N3O/c15-9-11-1-3-12(4-2-11)10-16-8-7-14(18)17-13-5-6-13/h1-4,13,16H,5-8,10H2,(H,17,18). The Morgan fingerprint density at radius 1 is 1.33 bits per heavy atom. The van der Waals surface area contributed by atoms with Crippen LogP contribution in [0.2, 0.25) is 0 Å². The summed E-state index contributed by atoms with van der Waals surface area (Å²) in [7, 11) is 0. The first kappa shape index (κ1) is 12.6. The van der Waals surface area contributed by atoms with Gasteiger partial charge in [0.2, 0.25) is 5.91 Å². The minimum atomic E-state index is 0.129. The van der Waals surface area contributed by atoms with Crippen LogP contribution < -0.4 is 10.6 Å². The van der Waals surface area contributed by atoms with Gasteiger partial charge in [-0.05, 0) is 30.5 Å². The van der Waals surface area contributed by atoms with E-state index in [-0.39, 0.29) is 5.91 Å². The molecule has 4 nitrogen and oxygen atoms in total. The van der Waals surface area contributed by atoms with Crippen LogP contribution in [0.15, 0.2) is 24.3 Å². The number of nitrogens with zero attached hydrogens (tertiary/aromatic N) is 1. The molecule has 2 rings (SSSR count). The van der Waals surface area contributed by atoms with Gasteiger partial charge in [0.05, 0.1) is 11.6 Å². The van der Waals surface area contributed by atoms with Crippen molar-refractivity contribution >= 4 is 5.91 Å². The molecule has 4 heteroatoms. The topological polar surface area (TPSA) is 64.9 Å². The number of carbonyl (C=O) groups is 1. The van der Waals surface area contributed by atoms with E-state index in [9.17, 15) is 4.79 Å². The fourth-order valence-electron chi connectivity index (χ4n) is 1.66. The molecule has 1 aromatic carbocycles. The largest absolute Gasteiger partial charge is 0.353 e. The van der Waals surface area contributed by atoms with Gasteiger partial charge in [-0.15, -0.1) is 0 Å². The fourth-order valence-corrected chi connectivity index (χ4v) is 1.66. The van der Waals surface area contributed by atoms with Gasteiger partial charge < -0.3 is 10.6 Å². The Labute approximate surface area is 107 Å². The second kappa shape index (κ2) is 6.18. The molecule has 1 aliphatic rings. The van der Waals surface area contributed by atoms with E-state index in [1.807, 2.05) is 12.1 Å². The Hall–Kier alpha value is -1.86. The molecule has 0 atom stereocenters. The molecule has 0 saturated heterocycles. The van der Waals surface area contributed by atoms with Crippen molar-refractivity contribution in [2.75, 3.05) is 6.54 Å². The van der Waals surface area contributed by atoms with Crippen molar-refractivity contribution in [2.45, 2.75) is 31.8 Å². The van der Waals surface area contributed by atoms with Crippen molar-refractivity contribution in [3.05, 3.63) is 35.4 Å². The summed E-state index contributed by atoms with van der Waals surface area (Å²) in [5, 5.41) is 14.8. The average Bonchev–Trinajstić information content (AvgIpc) is 3.19. The summed E-state index contributed by atoms with van der Waals surface area (Å²) in [5.74, 6) is 0.129. The molecule has 1 aliphatic carbocycles. The van der Waals surface area contributed by atoms with Crippen LogP contribution in [0.3, 0.4) is 0 Å². The van der Waals surface area contributed by atoms with E-state index in [0.29, 0.717) is 24.6 Å². The monoisotopic (exact) mass is 243 g/mol. The predicted molar refractivity (Wildman–Crippen MR) is 68.6 cm³/mol. The van der Waals surface area contributed by atoms with E-state index in [1.165, 1.54) is 0 Å². The Morgan fingerprint density at radius 2 is 2.06 bits per heavy atom. The van der Waals surface area contributed by atoms with Crippen LogP contribution in [0, 0.1) is 11.3 Å². The third kappa shape index (κ3) is 4.19. The number of hydrogen-bond acceptors (Lipinski definition) is 3. The molecule has 0 spiro atoms. The zero-order valence-corrected chi connectivity index (χ0v) is 10.3. The lowest BCUT2D eigenvalue weighted by Crippen LogP contribution is -2.28. The van der Waals surface area contributed by atoms with Gasteiger partial charge in [0.15, 0.2) is 0 Å². The highest BCUT2D eigenvalue weighted by Gasteiger charge is 2.22. The highest BCUT2D eigenvalue weighted by molar-refractivity contribution is 5.76. The quantitative estimate of drug-likeness (QED) is 0.740. The fraction of sp³-hybridized carbons (Fsp3) is 0.429. The number of nitriles is 1. The first-order valence-electron chi connectivity index (χ1n) is 6.27. The normalized spacial score (nSPS) is 13.9. The SMILES string of the molecule is N#Cc1ccc(CNCCC(=O)NC2CC2)cc1. The summed E-state index contributed by atoms with van der Waals surface area (Å²) in [6, 6.07) is 9.99. The minimum absolute atomic E-state index is 0.129. The van der Waals surface area contributed by atoms with Crippen LogP contribution in [0.5, 0.6) is 0 Å². The summed E-state index contributed by atoms with van der Waals surface area (Å²) in [6.45, 7) is 1.40. The molecule has 94 valence electrons. The van der Waals surface area contributed by atoms with Crippen molar-refractivity contribution in [1.82, 2.24) is 10.6 Å². The molecule has 0 unspecified atom stereocenters. The maximum absolute atomic E-state index is 11.4. The van der Waals surface area contributed by atoms with Crippen LogP contribution in [0.1, 0.15) is 30.4 Å². The summed E-state index contributed by atoms with van der Waals surface area (Å²) < 4.78 is 0. The molecular weight excluding hydrogens is 226 g/mol. The number of rotatable bonds is 6. The molecule has 1 aromatic rings. The highest BCUT2D eigenvalue weighted by Crippen LogP contribution is 2.18. The molecular formula is C14H17N3O. The number of nitrogens with one attached hydrogen (secondary N) is 2. The van der Waals surface area contributed by atoms with Gasteiger partial charge >= 0.3 is 0 Å². The second-order valence-electron chi connectivity index (χ2n) is 4.58. The van der Waals surface area contributed by atoms with Gasteiger partial charge in [0, 0.05) is 25.6 Å². The van der Waals surface area contributed by atoms with E-state index >= 15 is 0 Å². The lowest BCUT2D eigenvalue weighted by Gasteiger charge is -2.05. The predicted octanol–water partition coefficient (Wildman–Crippen LogP) is 1.32. The molecule has 1 saturated carbocycles. The summed E-state index contributed by atoms with van der Waals surface area (Å²) in [4.78, 5) is 11.4. The number of hydrogen-bond donors (Lipinski definition) is 2. The summed E-state index contributed by atoms with van der Waals surface area (Å²) in [6.07, 6.45) is 2.78. The molecule has 0 heterocycles. The Balaban J connectivity index is 1.62.